The second kappa shape index (κ2) is 6.19. The Bertz CT molecular complexity index is 466. The second-order valence-electron chi connectivity index (χ2n) is 5.85. The monoisotopic (exact) mass is 291 g/mol. The Morgan fingerprint density at radius 1 is 1.30 bits per heavy atom. The zero-order valence-electron chi connectivity index (χ0n) is 11.5. The fraction of sp³-hybridized carbons (Fsp3) is 0.562. The summed E-state index contributed by atoms with van der Waals surface area (Å²) in [6.07, 6.45) is 4.10. The molecule has 1 aromatic carbocycles. The maximum Gasteiger partial charge on any atom is 0.306 e. The van der Waals surface area contributed by atoms with Gasteiger partial charge in [0.2, 0.25) is 0 Å². The number of carbonyl (C=O) groups is 1. The first kappa shape index (κ1) is 14.0. The molecule has 0 bridgehead atoms. The van der Waals surface area contributed by atoms with Crippen LogP contribution in [0.25, 0.3) is 0 Å². The zero-order valence-corrected chi connectivity index (χ0v) is 12.4. The molecule has 20 heavy (non-hydrogen) atoms. The van der Waals surface area contributed by atoms with Gasteiger partial charge in [-0.05, 0) is 43.4 Å². The van der Waals surface area contributed by atoms with Crippen molar-refractivity contribution in [3.05, 3.63) is 29.8 Å². The highest BCUT2D eigenvalue weighted by atomic mass is 32.2. The third kappa shape index (κ3) is 3.01. The molecule has 1 aliphatic heterocycles. The predicted octanol–water partition coefficient (Wildman–Crippen LogP) is 2.79. The molecule has 0 radical (unpaired) electrons. The lowest BCUT2D eigenvalue weighted by molar-refractivity contribution is -0.142. The molecule has 0 saturated heterocycles. The molecule has 2 aliphatic rings. The minimum Gasteiger partial charge on any atom is -0.481 e. The third-order valence-corrected chi connectivity index (χ3v) is 5.79. The van der Waals surface area contributed by atoms with E-state index in [1.807, 2.05) is 11.8 Å². The molecule has 1 aromatic rings. The SMILES string of the molecule is O=C(O)C1CCCC1CNCC1Cc2ccccc2S1. The van der Waals surface area contributed by atoms with Crippen molar-refractivity contribution < 1.29 is 9.90 Å². The van der Waals surface area contributed by atoms with Crippen LogP contribution in [0.4, 0.5) is 0 Å². The Morgan fingerprint density at radius 2 is 2.15 bits per heavy atom. The first-order chi connectivity index (χ1) is 9.74. The van der Waals surface area contributed by atoms with E-state index in [1.165, 1.54) is 10.5 Å². The number of thioether (sulfide) groups is 1. The topological polar surface area (TPSA) is 49.3 Å². The molecule has 4 heteroatoms. The van der Waals surface area contributed by atoms with Gasteiger partial charge < -0.3 is 10.4 Å². The smallest absolute Gasteiger partial charge is 0.306 e. The van der Waals surface area contributed by atoms with Crippen LogP contribution >= 0.6 is 11.8 Å². The van der Waals surface area contributed by atoms with Crippen LogP contribution in [0.5, 0.6) is 0 Å². The molecule has 1 heterocycles. The van der Waals surface area contributed by atoms with Gasteiger partial charge in [0.15, 0.2) is 0 Å². The minimum absolute atomic E-state index is 0.129. The van der Waals surface area contributed by atoms with E-state index in [0.29, 0.717) is 11.2 Å². The summed E-state index contributed by atoms with van der Waals surface area (Å²) in [4.78, 5) is 12.6. The second-order valence-corrected chi connectivity index (χ2v) is 7.19. The number of nitrogens with one attached hydrogen (secondary N) is 1. The number of fused-ring (bicyclic) bond motifs is 1. The van der Waals surface area contributed by atoms with Gasteiger partial charge in [0.25, 0.3) is 0 Å². The molecule has 0 spiro atoms. The van der Waals surface area contributed by atoms with Crippen LogP contribution in [-0.4, -0.2) is 29.4 Å². The third-order valence-electron chi connectivity index (χ3n) is 4.47. The van der Waals surface area contributed by atoms with Gasteiger partial charge in [-0.3, -0.25) is 4.79 Å². The summed E-state index contributed by atoms with van der Waals surface area (Å²) in [7, 11) is 0. The van der Waals surface area contributed by atoms with Crippen molar-refractivity contribution in [2.75, 3.05) is 13.1 Å². The molecular weight excluding hydrogens is 270 g/mol. The van der Waals surface area contributed by atoms with E-state index in [-0.39, 0.29) is 5.92 Å². The Labute approximate surface area is 124 Å². The van der Waals surface area contributed by atoms with E-state index >= 15 is 0 Å². The average molecular weight is 291 g/mol. The Kier molecular flexibility index (Phi) is 4.32. The van der Waals surface area contributed by atoms with E-state index in [1.54, 1.807) is 0 Å². The van der Waals surface area contributed by atoms with Gasteiger partial charge in [0.05, 0.1) is 5.92 Å². The number of aliphatic carboxylic acids is 1. The number of carboxylic acids is 1. The summed E-state index contributed by atoms with van der Waals surface area (Å²) >= 11 is 1.95. The predicted molar refractivity (Wildman–Crippen MR) is 81.1 cm³/mol. The van der Waals surface area contributed by atoms with Crippen molar-refractivity contribution in [2.45, 2.75) is 35.8 Å². The van der Waals surface area contributed by atoms with Crippen LogP contribution in [0.2, 0.25) is 0 Å². The molecule has 3 nitrogen and oxygen atoms in total. The van der Waals surface area contributed by atoms with Gasteiger partial charge in [0, 0.05) is 16.7 Å². The number of hydrogen-bond acceptors (Lipinski definition) is 3. The van der Waals surface area contributed by atoms with Gasteiger partial charge in [-0.25, -0.2) is 0 Å². The van der Waals surface area contributed by atoms with E-state index in [0.717, 1.165) is 38.8 Å². The first-order valence-corrected chi connectivity index (χ1v) is 8.30. The van der Waals surface area contributed by atoms with Gasteiger partial charge in [-0.15, -0.1) is 11.8 Å². The summed E-state index contributed by atoms with van der Waals surface area (Å²) in [5.41, 5.74) is 1.45. The van der Waals surface area contributed by atoms with E-state index in [2.05, 4.69) is 29.6 Å². The van der Waals surface area contributed by atoms with Crippen molar-refractivity contribution in [1.82, 2.24) is 5.32 Å². The van der Waals surface area contributed by atoms with Crippen LogP contribution in [0, 0.1) is 11.8 Å². The van der Waals surface area contributed by atoms with Crippen LogP contribution in [-0.2, 0) is 11.2 Å². The number of carboxylic acid groups (broad SMARTS) is 1. The van der Waals surface area contributed by atoms with E-state index < -0.39 is 5.97 Å². The first-order valence-electron chi connectivity index (χ1n) is 7.42. The van der Waals surface area contributed by atoms with Gasteiger partial charge in [0.1, 0.15) is 0 Å². The molecule has 1 aliphatic carbocycles. The van der Waals surface area contributed by atoms with Crippen LogP contribution < -0.4 is 5.32 Å². The van der Waals surface area contributed by atoms with Crippen molar-refractivity contribution in [1.29, 1.82) is 0 Å². The number of rotatable bonds is 5. The van der Waals surface area contributed by atoms with Gasteiger partial charge >= 0.3 is 5.97 Å². The van der Waals surface area contributed by atoms with Crippen molar-refractivity contribution in [3.63, 3.8) is 0 Å². The molecule has 2 N–H and O–H groups in total. The lowest BCUT2D eigenvalue weighted by atomic mass is 9.96. The highest BCUT2D eigenvalue weighted by Crippen LogP contribution is 2.36. The fourth-order valence-corrected chi connectivity index (χ4v) is 4.69. The van der Waals surface area contributed by atoms with Crippen LogP contribution in [0.15, 0.2) is 29.2 Å². The lowest BCUT2D eigenvalue weighted by Gasteiger charge is -2.17. The standard InChI is InChI=1S/C16H21NO2S/c18-16(19)14-6-3-5-12(14)9-17-10-13-8-11-4-1-2-7-15(11)20-13/h1-2,4,7,12-14,17H,3,5-6,8-10H2,(H,18,19). The summed E-state index contributed by atoms with van der Waals surface area (Å²) in [6, 6.07) is 8.60. The molecule has 1 fully saturated rings. The summed E-state index contributed by atoms with van der Waals surface area (Å²) < 4.78 is 0. The quantitative estimate of drug-likeness (QED) is 0.876. The molecule has 1 saturated carbocycles. The highest BCUT2D eigenvalue weighted by Gasteiger charge is 2.32. The maximum atomic E-state index is 11.1. The molecule has 3 atom stereocenters. The van der Waals surface area contributed by atoms with E-state index in [4.69, 9.17) is 0 Å². The maximum absolute atomic E-state index is 11.1. The molecular formula is C16H21NO2S. The van der Waals surface area contributed by atoms with Crippen LogP contribution in [0.1, 0.15) is 24.8 Å². The van der Waals surface area contributed by atoms with Crippen LogP contribution in [0.3, 0.4) is 0 Å². The zero-order chi connectivity index (χ0) is 13.9. The van der Waals surface area contributed by atoms with Crippen molar-refractivity contribution in [3.8, 4) is 0 Å². The Balaban J connectivity index is 1.44. The van der Waals surface area contributed by atoms with E-state index in [9.17, 15) is 9.90 Å². The normalized spacial score (nSPS) is 28.5. The average Bonchev–Trinajstić information content (AvgIpc) is 3.04. The van der Waals surface area contributed by atoms with Crippen molar-refractivity contribution in [2.24, 2.45) is 11.8 Å². The summed E-state index contributed by atoms with van der Waals surface area (Å²) in [6.45, 7) is 1.83. The minimum atomic E-state index is -0.614. The molecule has 0 amide bonds. The highest BCUT2D eigenvalue weighted by molar-refractivity contribution is 8.00. The largest absolute Gasteiger partial charge is 0.481 e. The lowest BCUT2D eigenvalue weighted by Crippen LogP contribution is -2.32. The molecule has 3 unspecified atom stereocenters. The summed E-state index contributed by atoms with van der Waals surface area (Å²) in [5, 5.41) is 13.3. The van der Waals surface area contributed by atoms with Gasteiger partial charge in [-0.2, -0.15) is 0 Å². The van der Waals surface area contributed by atoms with Crippen molar-refractivity contribution >= 4 is 17.7 Å². The Morgan fingerprint density at radius 3 is 2.95 bits per heavy atom. The molecule has 0 aromatic heterocycles. The Hall–Kier alpha value is -1.00. The summed E-state index contributed by atoms with van der Waals surface area (Å²) in [5.74, 6) is -0.422. The number of benzene rings is 1. The fourth-order valence-electron chi connectivity index (χ4n) is 3.40. The van der Waals surface area contributed by atoms with Gasteiger partial charge in [-0.1, -0.05) is 24.6 Å². The number of hydrogen-bond donors (Lipinski definition) is 2. The molecule has 3 rings (SSSR count). The molecule has 108 valence electrons.